The summed E-state index contributed by atoms with van der Waals surface area (Å²) >= 11 is 0. The van der Waals surface area contributed by atoms with E-state index in [0.717, 1.165) is 22.4 Å². The van der Waals surface area contributed by atoms with E-state index in [1.807, 2.05) is 48.7 Å². The Labute approximate surface area is 190 Å². The molecule has 0 radical (unpaired) electrons. The molecule has 33 heavy (non-hydrogen) atoms. The van der Waals surface area contributed by atoms with Crippen LogP contribution in [0.1, 0.15) is 12.8 Å². The molecule has 170 valence electrons. The van der Waals surface area contributed by atoms with Gasteiger partial charge in [0.05, 0.1) is 25.2 Å². The highest BCUT2D eigenvalue weighted by molar-refractivity contribution is 5.90. The minimum absolute atomic E-state index is 0.0517. The quantitative estimate of drug-likeness (QED) is 0.318. The summed E-state index contributed by atoms with van der Waals surface area (Å²) in [6.45, 7) is 1.58. The predicted octanol–water partition coefficient (Wildman–Crippen LogP) is 2.20. The Balaban J connectivity index is 1.18. The highest BCUT2D eigenvalue weighted by Crippen LogP contribution is 2.20. The van der Waals surface area contributed by atoms with Crippen molar-refractivity contribution in [1.29, 1.82) is 0 Å². The van der Waals surface area contributed by atoms with E-state index < -0.39 is 0 Å². The molecule has 0 saturated carbocycles. The van der Waals surface area contributed by atoms with Crippen molar-refractivity contribution in [3.63, 3.8) is 0 Å². The fourth-order valence-electron chi connectivity index (χ4n) is 3.38. The number of fused-ring (bicyclic) bond motifs is 1. The molecule has 4 aromatic rings. The van der Waals surface area contributed by atoms with Gasteiger partial charge >= 0.3 is 0 Å². The van der Waals surface area contributed by atoms with Crippen LogP contribution in [0.25, 0.3) is 22.0 Å². The zero-order valence-electron chi connectivity index (χ0n) is 18.2. The fourth-order valence-corrected chi connectivity index (χ4v) is 3.38. The van der Waals surface area contributed by atoms with E-state index in [2.05, 4.69) is 31.1 Å². The van der Waals surface area contributed by atoms with Crippen LogP contribution in [0, 0.1) is 0 Å². The first-order chi connectivity index (χ1) is 16.1. The second-order valence-electron chi connectivity index (χ2n) is 7.42. The first kappa shape index (κ1) is 22.0. The molecule has 0 atom stereocenters. The van der Waals surface area contributed by atoms with E-state index >= 15 is 0 Å². The second-order valence-corrected chi connectivity index (χ2v) is 7.42. The summed E-state index contributed by atoms with van der Waals surface area (Å²) in [5.41, 5.74) is 1.46. The largest absolute Gasteiger partial charge is 0.497 e. The molecule has 0 aliphatic rings. The van der Waals surface area contributed by atoms with E-state index in [0.29, 0.717) is 43.7 Å². The van der Waals surface area contributed by atoms with Crippen molar-refractivity contribution < 1.29 is 9.53 Å². The number of aromatic amines is 1. The number of anilines is 1. The lowest BCUT2D eigenvalue weighted by atomic mass is 10.2. The number of H-pyrrole nitrogens is 1. The van der Waals surface area contributed by atoms with Crippen LogP contribution in [0.5, 0.6) is 5.75 Å². The smallest absolute Gasteiger partial charge is 0.272 e. The third-order valence-corrected chi connectivity index (χ3v) is 5.16. The first-order valence-corrected chi connectivity index (χ1v) is 10.7. The van der Waals surface area contributed by atoms with Gasteiger partial charge < -0.3 is 15.4 Å². The van der Waals surface area contributed by atoms with Crippen molar-refractivity contribution in [1.82, 2.24) is 30.5 Å². The Morgan fingerprint density at radius 3 is 2.67 bits per heavy atom. The van der Waals surface area contributed by atoms with E-state index in [4.69, 9.17) is 4.74 Å². The average Bonchev–Trinajstić information content (AvgIpc) is 3.33. The Morgan fingerprint density at radius 1 is 1.09 bits per heavy atom. The predicted molar refractivity (Wildman–Crippen MR) is 125 cm³/mol. The number of carbonyl (C=O) groups is 1. The minimum atomic E-state index is -0.216. The number of hydrogen-bond acceptors (Lipinski definition) is 7. The normalized spacial score (nSPS) is 10.8. The number of aromatic nitrogens is 5. The lowest BCUT2D eigenvalue weighted by Gasteiger charge is -2.09. The number of nitrogens with one attached hydrogen (secondary N) is 3. The van der Waals surface area contributed by atoms with Gasteiger partial charge in [0.25, 0.3) is 5.56 Å². The summed E-state index contributed by atoms with van der Waals surface area (Å²) in [6, 6.07) is 14.9. The minimum Gasteiger partial charge on any atom is -0.497 e. The first-order valence-electron chi connectivity index (χ1n) is 10.7. The molecule has 1 amide bonds. The molecule has 0 unspecified atom stereocenters. The molecule has 3 N–H and O–H groups in total. The van der Waals surface area contributed by atoms with Crippen LogP contribution < -0.4 is 20.9 Å². The Hall–Kier alpha value is -4.21. The number of amides is 1. The van der Waals surface area contributed by atoms with E-state index in [1.165, 1.54) is 0 Å². The summed E-state index contributed by atoms with van der Waals surface area (Å²) in [5.74, 6) is 1.35. The van der Waals surface area contributed by atoms with Gasteiger partial charge in [-0.3, -0.25) is 14.3 Å². The zero-order valence-corrected chi connectivity index (χ0v) is 18.2. The van der Waals surface area contributed by atoms with Crippen molar-refractivity contribution >= 4 is 22.5 Å². The number of nitrogens with zero attached hydrogens (tertiary/aromatic N) is 4. The van der Waals surface area contributed by atoms with Gasteiger partial charge in [0, 0.05) is 30.5 Å². The maximum absolute atomic E-state index is 12.2. The van der Waals surface area contributed by atoms with Gasteiger partial charge in [-0.05, 0) is 36.8 Å². The van der Waals surface area contributed by atoms with Crippen molar-refractivity contribution in [2.45, 2.75) is 19.4 Å². The molecule has 2 heterocycles. The van der Waals surface area contributed by atoms with E-state index in [-0.39, 0.29) is 11.5 Å². The molecule has 0 aliphatic heterocycles. The summed E-state index contributed by atoms with van der Waals surface area (Å²) in [6.07, 6.45) is 2.84. The van der Waals surface area contributed by atoms with Gasteiger partial charge in [-0.2, -0.15) is 5.10 Å². The number of rotatable bonds is 10. The average molecular weight is 447 g/mol. The number of methoxy groups -OCH3 is 1. The number of carbonyl (C=O) groups excluding carboxylic acids is 1. The van der Waals surface area contributed by atoms with Gasteiger partial charge in [-0.25, -0.2) is 5.10 Å². The molecule has 10 nitrogen and oxygen atoms in total. The molecular weight excluding hydrogens is 422 g/mol. The molecule has 2 aromatic heterocycles. The third-order valence-electron chi connectivity index (χ3n) is 5.16. The highest BCUT2D eigenvalue weighted by Gasteiger charge is 2.08. The molecule has 10 heteroatoms. The Bertz CT molecular complexity index is 1280. The van der Waals surface area contributed by atoms with Crippen molar-refractivity contribution in [3.8, 4) is 17.0 Å². The van der Waals surface area contributed by atoms with Gasteiger partial charge in [0.1, 0.15) is 11.4 Å². The van der Waals surface area contributed by atoms with Crippen LogP contribution in [-0.4, -0.2) is 51.3 Å². The summed E-state index contributed by atoms with van der Waals surface area (Å²) in [5, 5.41) is 22.3. The van der Waals surface area contributed by atoms with Crippen molar-refractivity contribution in [2.24, 2.45) is 0 Å². The van der Waals surface area contributed by atoms with Crippen LogP contribution in [0.4, 0.5) is 5.82 Å². The summed E-state index contributed by atoms with van der Waals surface area (Å²) in [7, 11) is 1.62. The third kappa shape index (κ3) is 5.53. The van der Waals surface area contributed by atoms with Crippen LogP contribution in [0.3, 0.4) is 0 Å². The molecule has 0 aliphatic carbocycles. The second kappa shape index (κ2) is 10.4. The van der Waals surface area contributed by atoms with Crippen LogP contribution >= 0.6 is 0 Å². The highest BCUT2D eigenvalue weighted by atomic mass is 16.5. The van der Waals surface area contributed by atoms with Gasteiger partial charge in [0.2, 0.25) is 5.91 Å². The monoisotopic (exact) mass is 447 g/mol. The summed E-state index contributed by atoms with van der Waals surface area (Å²) in [4.78, 5) is 24.0. The molecule has 0 fully saturated rings. The van der Waals surface area contributed by atoms with E-state index in [9.17, 15) is 9.59 Å². The maximum atomic E-state index is 12.2. The maximum Gasteiger partial charge on any atom is 0.272 e. The Kier molecular flexibility index (Phi) is 6.93. The van der Waals surface area contributed by atoms with Gasteiger partial charge in [0.15, 0.2) is 5.82 Å². The number of hydrogen-bond donors (Lipinski definition) is 3. The van der Waals surface area contributed by atoms with Gasteiger partial charge in [-0.1, -0.05) is 23.4 Å². The SMILES string of the molecule is COc1ccc(-c2cn(CCC(=O)NCCCNc3n[nH]c(=O)c4ccccc34)nn2)cc1. The lowest BCUT2D eigenvalue weighted by Crippen LogP contribution is -2.27. The van der Waals surface area contributed by atoms with Crippen LogP contribution in [0.2, 0.25) is 0 Å². The van der Waals surface area contributed by atoms with Gasteiger partial charge in [-0.15, -0.1) is 5.10 Å². The molecule has 4 rings (SSSR count). The molecular formula is C23H25N7O3. The standard InChI is InChI=1S/C23H25N7O3/c1-33-17-9-7-16(8-10-17)20-15-30(29-26-20)14-11-21(31)24-12-4-13-25-22-18-5-2-3-6-19(18)23(32)28-27-22/h2-3,5-10,15H,4,11-14H2,1H3,(H,24,31)(H,25,27)(H,28,32). The number of ether oxygens (including phenoxy) is 1. The van der Waals surface area contributed by atoms with E-state index in [1.54, 1.807) is 17.9 Å². The number of benzene rings is 2. The van der Waals surface area contributed by atoms with Crippen LogP contribution in [0.15, 0.2) is 59.5 Å². The Morgan fingerprint density at radius 2 is 1.88 bits per heavy atom. The van der Waals surface area contributed by atoms with Crippen molar-refractivity contribution in [2.75, 3.05) is 25.5 Å². The molecule has 0 saturated heterocycles. The topological polar surface area (TPSA) is 127 Å². The summed E-state index contributed by atoms with van der Waals surface area (Å²) < 4.78 is 6.82. The lowest BCUT2D eigenvalue weighted by molar-refractivity contribution is -0.121. The number of aryl methyl sites for hydroxylation is 1. The van der Waals surface area contributed by atoms with Crippen molar-refractivity contribution in [3.05, 3.63) is 65.1 Å². The fraction of sp³-hybridized carbons (Fsp3) is 0.261. The van der Waals surface area contributed by atoms with Crippen LogP contribution in [-0.2, 0) is 11.3 Å². The molecule has 0 spiro atoms. The molecule has 2 aromatic carbocycles. The molecule has 0 bridgehead atoms. The zero-order chi connectivity index (χ0) is 23.0.